The van der Waals surface area contributed by atoms with Crippen molar-refractivity contribution in [2.75, 3.05) is 11.9 Å². The predicted octanol–water partition coefficient (Wildman–Crippen LogP) is 2.91. The molecule has 0 fully saturated rings. The third-order valence-corrected chi connectivity index (χ3v) is 3.56. The van der Waals surface area contributed by atoms with E-state index in [1.165, 1.54) is 0 Å². The molecular weight excluding hydrogens is 254 g/mol. The van der Waals surface area contributed by atoms with Crippen molar-refractivity contribution >= 4 is 28.1 Å². The molecule has 2 rings (SSSR count). The molecule has 0 saturated heterocycles. The maximum Gasteiger partial charge on any atom is 0.183 e. The Morgan fingerprint density at radius 2 is 2.18 bits per heavy atom. The summed E-state index contributed by atoms with van der Waals surface area (Å²) in [5.41, 5.74) is 7.60. The van der Waals surface area contributed by atoms with Crippen molar-refractivity contribution in [2.24, 2.45) is 5.73 Å². The summed E-state index contributed by atoms with van der Waals surface area (Å²) in [6.45, 7) is 1.32. The first-order valence-corrected chi connectivity index (χ1v) is 6.67. The van der Waals surface area contributed by atoms with E-state index in [1.54, 1.807) is 11.3 Å². The van der Waals surface area contributed by atoms with Crippen LogP contribution >= 0.6 is 22.9 Å². The molecule has 1 aromatic carbocycles. The molecule has 90 valence electrons. The lowest BCUT2D eigenvalue weighted by Crippen LogP contribution is -2.03. The predicted molar refractivity (Wildman–Crippen MR) is 73.7 cm³/mol. The van der Waals surface area contributed by atoms with E-state index in [2.05, 4.69) is 10.3 Å². The molecule has 5 heteroatoms. The molecule has 17 heavy (non-hydrogen) atoms. The summed E-state index contributed by atoms with van der Waals surface area (Å²) in [7, 11) is 0. The molecule has 0 aliphatic rings. The Bertz CT molecular complexity index is 484. The molecule has 0 amide bonds. The number of nitrogens with two attached hydrogens (primary N) is 1. The standard InChI is InChI=1S/C12H14ClN3S/c13-11-4-2-1-3-9(11)7-15-12-16-10(5-6-14)8-17-12/h1-4,8H,5-7,14H2,(H,15,16). The highest BCUT2D eigenvalue weighted by Gasteiger charge is 2.02. The molecule has 0 radical (unpaired) electrons. The van der Waals surface area contributed by atoms with E-state index in [0.717, 1.165) is 27.8 Å². The lowest BCUT2D eigenvalue weighted by Gasteiger charge is -2.04. The molecule has 1 aromatic heterocycles. The van der Waals surface area contributed by atoms with Gasteiger partial charge in [0.1, 0.15) is 0 Å². The van der Waals surface area contributed by atoms with Gasteiger partial charge in [-0.25, -0.2) is 4.98 Å². The number of nitrogens with one attached hydrogen (secondary N) is 1. The zero-order valence-corrected chi connectivity index (χ0v) is 10.9. The van der Waals surface area contributed by atoms with E-state index >= 15 is 0 Å². The number of aromatic nitrogens is 1. The number of nitrogens with zero attached hydrogens (tertiary/aromatic N) is 1. The summed E-state index contributed by atoms with van der Waals surface area (Å²) < 4.78 is 0. The number of benzene rings is 1. The van der Waals surface area contributed by atoms with Crippen LogP contribution in [0.2, 0.25) is 5.02 Å². The number of hydrogen-bond donors (Lipinski definition) is 2. The van der Waals surface area contributed by atoms with Gasteiger partial charge in [0, 0.05) is 23.4 Å². The van der Waals surface area contributed by atoms with Gasteiger partial charge in [-0.05, 0) is 18.2 Å². The maximum absolute atomic E-state index is 6.07. The van der Waals surface area contributed by atoms with Gasteiger partial charge in [0.25, 0.3) is 0 Å². The lowest BCUT2D eigenvalue weighted by molar-refractivity contribution is 0.933. The van der Waals surface area contributed by atoms with Crippen molar-refractivity contribution in [1.29, 1.82) is 0 Å². The lowest BCUT2D eigenvalue weighted by atomic mass is 10.2. The first-order valence-electron chi connectivity index (χ1n) is 5.41. The largest absolute Gasteiger partial charge is 0.357 e. The smallest absolute Gasteiger partial charge is 0.183 e. The van der Waals surface area contributed by atoms with Crippen molar-refractivity contribution in [3.8, 4) is 0 Å². The molecule has 0 spiro atoms. The quantitative estimate of drug-likeness (QED) is 0.876. The molecule has 0 aliphatic heterocycles. The van der Waals surface area contributed by atoms with E-state index in [9.17, 15) is 0 Å². The average molecular weight is 268 g/mol. The van der Waals surface area contributed by atoms with Crippen LogP contribution in [0.25, 0.3) is 0 Å². The highest BCUT2D eigenvalue weighted by Crippen LogP contribution is 2.19. The fourth-order valence-electron chi connectivity index (χ4n) is 1.46. The van der Waals surface area contributed by atoms with E-state index in [1.807, 2.05) is 29.6 Å². The second kappa shape index (κ2) is 6.00. The minimum absolute atomic E-state index is 0.633. The Morgan fingerprint density at radius 1 is 1.35 bits per heavy atom. The molecule has 0 atom stereocenters. The second-order valence-corrected chi connectivity index (χ2v) is 4.89. The summed E-state index contributed by atoms with van der Waals surface area (Å²) in [4.78, 5) is 4.43. The first-order chi connectivity index (χ1) is 8.29. The third-order valence-electron chi connectivity index (χ3n) is 2.34. The summed E-state index contributed by atoms with van der Waals surface area (Å²) in [5.74, 6) is 0. The zero-order chi connectivity index (χ0) is 12.1. The normalized spacial score (nSPS) is 10.5. The Balaban J connectivity index is 1.95. The van der Waals surface area contributed by atoms with Crippen molar-refractivity contribution in [1.82, 2.24) is 4.98 Å². The highest BCUT2D eigenvalue weighted by molar-refractivity contribution is 7.13. The molecule has 1 heterocycles. The van der Waals surface area contributed by atoms with Crippen LogP contribution in [0.15, 0.2) is 29.6 Å². The minimum atomic E-state index is 0.633. The maximum atomic E-state index is 6.07. The Labute approximate surface area is 110 Å². The van der Waals surface area contributed by atoms with Gasteiger partial charge in [-0.1, -0.05) is 29.8 Å². The van der Waals surface area contributed by atoms with Gasteiger partial charge >= 0.3 is 0 Å². The van der Waals surface area contributed by atoms with Gasteiger partial charge in [-0.2, -0.15) is 0 Å². The van der Waals surface area contributed by atoms with Crippen LogP contribution in [0.5, 0.6) is 0 Å². The van der Waals surface area contributed by atoms with E-state index < -0.39 is 0 Å². The number of anilines is 1. The van der Waals surface area contributed by atoms with Crippen LogP contribution in [0.1, 0.15) is 11.3 Å². The SMILES string of the molecule is NCCc1csc(NCc2ccccc2Cl)n1. The Hall–Kier alpha value is -1.10. The summed E-state index contributed by atoms with van der Waals surface area (Å²) in [5, 5.41) is 6.98. The van der Waals surface area contributed by atoms with Crippen molar-refractivity contribution in [2.45, 2.75) is 13.0 Å². The first kappa shape index (κ1) is 12.4. The highest BCUT2D eigenvalue weighted by atomic mass is 35.5. The summed E-state index contributed by atoms with van der Waals surface area (Å²) in [6, 6.07) is 7.79. The molecule has 0 aliphatic carbocycles. The number of rotatable bonds is 5. The number of hydrogen-bond acceptors (Lipinski definition) is 4. The topological polar surface area (TPSA) is 50.9 Å². The fraction of sp³-hybridized carbons (Fsp3) is 0.250. The molecular formula is C12H14ClN3S. The van der Waals surface area contributed by atoms with E-state index in [0.29, 0.717) is 13.1 Å². The molecule has 2 aromatic rings. The minimum Gasteiger partial charge on any atom is -0.357 e. The van der Waals surface area contributed by atoms with Gasteiger partial charge in [-0.3, -0.25) is 0 Å². The zero-order valence-electron chi connectivity index (χ0n) is 9.32. The van der Waals surface area contributed by atoms with Crippen LogP contribution < -0.4 is 11.1 Å². The van der Waals surface area contributed by atoms with Gasteiger partial charge < -0.3 is 11.1 Å². The molecule has 3 N–H and O–H groups in total. The van der Waals surface area contributed by atoms with Gasteiger partial charge in [-0.15, -0.1) is 11.3 Å². The summed E-state index contributed by atoms with van der Waals surface area (Å²) in [6.07, 6.45) is 0.824. The van der Waals surface area contributed by atoms with Gasteiger partial charge in [0.2, 0.25) is 0 Å². The fourth-order valence-corrected chi connectivity index (χ4v) is 2.41. The number of halogens is 1. The van der Waals surface area contributed by atoms with Crippen molar-refractivity contribution < 1.29 is 0 Å². The van der Waals surface area contributed by atoms with Crippen molar-refractivity contribution in [3.05, 3.63) is 45.9 Å². The van der Waals surface area contributed by atoms with Crippen LogP contribution in [0, 0.1) is 0 Å². The van der Waals surface area contributed by atoms with Crippen molar-refractivity contribution in [3.63, 3.8) is 0 Å². The summed E-state index contributed by atoms with van der Waals surface area (Å²) >= 11 is 7.67. The second-order valence-electron chi connectivity index (χ2n) is 3.63. The van der Waals surface area contributed by atoms with E-state index in [4.69, 9.17) is 17.3 Å². The monoisotopic (exact) mass is 267 g/mol. The van der Waals surface area contributed by atoms with Gasteiger partial charge in [0.15, 0.2) is 5.13 Å². The van der Waals surface area contributed by atoms with Crippen LogP contribution in [-0.2, 0) is 13.0 Å². The average Bonchev–Trinajstić information content (AvgIpc) is 2.76. The molecule has 3 nitrogen and oxygen atoms in total. The van der Waals surface area contributed by atoms with Crippen LogP contribution in [0.4, 0.5) is 5.13 Å². The van der Waals surface area contributed by atoms with Gasteiger partial charge in [0.05, 0.1) is 5.69 Å². The van der Waals surface area contributed by atoms with E-state index in [-0.39, 0.29) is 0 Å². The molecule has 0 unspecified atom stereocenters. The molecule has 0 bridgehead atoms. The molecule has 0 saturated carbocycles. The Kier molecular flexibility index (Phi) is 4.36. The van der Waals surface area contributed by atoms with Crippen LogP contribution in [0.3, 0.4) is 0 Å². The third kappa shape index (κ3) is 3.43. The Morgan fingerprint density at radius 3 is 2.94 bits per heavy atom. The van der Waals surface area contributed by atoms with Crippen LogP contribution in [-0.4, -0.2) is 11.5 Å². The number of thiazole rings is 1.